The van der Waals surface area contributed by atoms with Gasteiger partial charge in [0.15, 0.2) is 5.60 Å². The fraction of sp³-hybridized carbons (Fsp3) is 0.826. The summed E-state index contributed by atoms with van der Waals surface area (Å²) in [4.78, 5) is 34.3. The molecule has 170 valence electrons. The number of esters is 1. The van der Waals surface area contributed by atoms with Crippen LogP contribution in [0.3, 0.4) is 0 Å². The molecule has 2 aliphatic carbocycles. The van der Waals surface area contributed by atoms with Crippen molar-refractivity contribution < 1.29 is 33.6 Å². The van der Waals surface area contributed by atoms with Crippen LogP contribution in [-0.4, -0.2) is 44.2 Å². The fourth-order valence-corrected chi connectivity index (χ4v) is 6.23. The Bertz CT molecular complexity index is 676. The molecule has 2 saturated carbocycles. The normalized spacial score (nSPS) is 40.8. The molecule has 0 bridgehead atoms. The first-order valence-electron chi connectivity index (χ1n) is 11.0. The zero-order valence-electron chi connectivity index (χ0n) is 19.0. The van der Waals surface area contributed by atoms with E-state index in [2.05, 4.69) is 18.7 Å². The van der Waals surface area contributed by atoms with Crippen LogP contribution < -0.4 is 0 Å². The maximum atomic E-state index is 12.6. The van der Waals surface area contributed by atoms with Crippen LogP contribution in [0.15, 0.2) is 12.2 Å². The number of fused-ring (bicyclic) bond motifs is 1. The number of ether oxygens (including phenoxy) is 3. The largest absolute Gasteiger partial charge is 0.434 e. The molecule has 1 saturated heterocycles. The van der Waals surface area contributed by atoms with Crippen molar-refractivity contribution in [2.75, 3.05) is 14.2 Å². The van der Waals surface area contributed by atoms with Gasteiger partial charge in [-0.25, -0.2) is 9.59 Å². The summed E-state index contributed by atoms with van der Waals surface area (Å²) >= 11 is 0. The zero-order valence-corrected chi connectivity index (χ0v) is 19.0. The Morgan fingerprint density at radius 3 is 2.53 bits per heavy atom. The van der Waals surface area contributed by atoms with Gasteiger partial charge >= 0.3 is 11.9 Å². The minimum atomic E-state index is -1.45. The minimum Gasteiger partial charge on any atom is -0.434 e. The predicted octanol–water partition coefficient (Wildman–Crippen LogP) is 3.81. The first kappa shape index (κ1) is 23.2. The number of carbonyl (C=O) groups is 2. The number of hydrogen-bond acceptors (Lipinski definition) is 7. The topological polar surface area (TPSA) is 80.3 Å². The van der Waals surface area contributed by atoms with E-state index >= 15 is 0 Å². The Morgan fingerprint density at radius 2 is 1.93 bits per heavy atom. The third kappa shape index (κ3) is 4.04. The van der Waals surface area contributed by atoms with Crippen LogP contribution >= 0.6 is 0 Å². The Hall–Kier alpha value is -1.44. The molecule has 30 heavy (non-hydrogen) atoms. The van der Waals surface area contributed by atoms with E-state index in [0.717, 1.165) is 19.3 Å². The Kier molecular flexibility index (Phi) is 6.94. The summed E-state index contributed by atoms with van der Waals surface area (Å²) in [5.41, 5.74) is -1.23. The lowest BCUT2D eigenvalue weighted by Gasteiger charge is -2.45. The number of allylic oxidation sites excluding steroid dienone is 1. The van der Waals surface area contributed by atoms with Gasteiger partial charge in [-0.05, 0) is 62.7 Å². The maximum absolute atomic E-state index is 12.6. The van der Waals surface area contributed by atoms with Crippen molar-refractivity contribution in [2.24, 2.45) is 29.1 Å². The second-order valence-electron chi connectivity index (χ2n) is 9.45. The molecule has 7 heteroatoms. The molecular formula is C23H36O7. The lowest BCUT2D eigenvalue weighted by atomic mass is 9.61. The zero-order chi connectivity index (χ0) is 22.1. The SMILES string of the molecule is COOC(=O)C(/C=C/[C@@H](C)[C@H]1CCC2C(OC)CCC[C@@]21C)[C@@]1(C)O[C@H](C)OC1=O. The van der Waals surface area contributed by atoms with Gasteiger partial charge in [0.2, 0.25) is 6.29 Å². The maximum Gasteiger partial charge on any atom is 0.352 e. The Balaban J connectivity index is 1.80. The third-order valence-electron chi connectivity index (χ3n) is 7.78. The number of cyclic esters (lactones) is 1. The highest BCUT2D eigenvalue weighted by Gasteiger charge is 2.55. The molecule has 0 aromatic carbocycles. The van der Waals surface area contributed by atoms with Gasteiger partial charge in [-0.1, -0.05) is 32.4 Å². The molecule has 0 spiro atoms. The van der Waals surface area contributed by atoms with Gasteiger partial charge in [-0.3, -0.25) is 4.89 Å². The molecule has 0 radical (unpaired) electrons. The van der Waals surface area contributed by atoms with Gasteiger partial charge < -0.3 is 14.2 Å². The fourth-order valence-electron chi connectivity index (χ4n) is 6.23. The second-order valence-corrected chi connectivity index (χ2v) is 9.45. The molecule has 3 rings (SSSR count). The Labute approximate surface area is 179 Å². The summed E-state index contributed by atoms with van der Waals surface area (Å²) in [6.07, 6.45) is 9.18. The summed E-state index contributed by atoms with van der Waals surface area (Å²) < 4.78 is 16.6. The molecule has 0 aromatic heterocycles. The second kappa shape index (κ2) is 8.97. The minimum absolute atomic E-state index is 0.215. The molecule has 1 heterocycles. The Morgan fingerprint density at radius 1 is 1.20 bits per heavy atom. The summed E-state index contributed by atoms with van der Waals surface area (Å²) in [6.45, 7) is 7.76. The molecule has 1 aliphatic heterocycles. The quantitative estimate of drug-likeness (QED) is 0.266. The van der Waals surface area contributed by atoms with Crippen molar-refractivity contribution in [3.63, 3.8) is 0 Å². The van der Waals surface area contributed by atoms with E-state index in [9.17, 15) is 9.59 Å². The van der Waals surface area contributed by atoms with Crippen molar-refractivity contribution in [1.29, 1.82) is 0 Å². The molecule has 0 amide bonds. The molecule has 0 N–H and O–H groups in total. The number of rotatable bonds is 7. The van der Waals surface area contributed by atoms with E-state index < -0.39 is 29.7 Å². The van der Waals surface area contributed by atoms with Gasteiger partial charge in [-0.15, -0.1) is 0 Å². The van der Waals surface area contributed by atoms with Crippen LogP contribution in [-0.2, 0) is 33.6 Å². The van der Waals surface area contributed by atoms with Gasteiger partial charge in [0.25, 0.3) is 0 Å². The van der Waals surface area contributed by atoms with Crippen molar-refractivity contribution in [3.05, 3.63) is 12.2 Å². The molecule has 8 atom stereocenters. The third-order valence-corrected chi connectivity index (χ3v) is 7.78. The smallest absolute Gasteiger partial charge is 0.352 e. The van der Waals surface area contributed by atoms with Crippen molar-refractivity contribution in [1.82, 2.24) is 0 Å². The van der Waals surface area contributed by atoms with Crippen molar-refractivity contribution in [3.8, 4) is 0 Å². The van der Waals surface area contributed by atoms with E-state index in [-0.39, 0.29) is 11.3 Å². The summed E-state index contributed by atoms with van der Waals surface area (Å²) in [6, 6.07) is 0. The lowest BCUT2D eigenvalue weighted by Crippen LogP contribution is -2.45. The van der Waals surface area contributed by atoms with Crippen LogP contribution in [0.2, 0.25) is 0 Å². The van der Waals surface area contributed by atoms with Gasteiger partial charge in [0.05, 0.1) is 13.2 Å². The summed E-state index contributed by atoms with van der Waals surface area (Å²) in [5.74, 6) is -0.931. The molecule has 7 nitrogen and oxygen atoms in total. The van der Waals surface area contributed by atoms with E-state index in [1.54, 1.807) is 19.9 Å². The standard InChI is InChI=1S/C23H36O7/c1-14(16-11-12-17-19(26-5)8-7-13-22(16,17)3)9-10-18(20(24)30-27-6)23(4)21(25)28-15(2)29-23/h9-10,14-19H,7-8,11-13H2,1-6H3/b10-9+/t14-,15-,16-,17?,18?,19?,22-,23-/m1/s1. The molecule has 3 fully saturated rings. The van der Waals surface area contributed by atoms with E-state index in [1.807, 2.05) is 13.2 Å². The van der Waals surface area contributed by atoms with Crippen LogP contribution in [0, 0.1) is 29.1 Å². The average Bonchev–Trinajstić information content (AvgIpc) is 3.17. The molecule has 0 aromatic rings. The summed E-state index contributed by atoms with van der Waals surface area (Å²) in [5, 5.41) is 0. The van der Waals surface area contributed by atoms with Crippen LogP contribution in [0.25, 0.3) is 0 Å². The van der Waals surface area contributed by atoms with Gasteiger partial charge in [-0.2, -0.15) is 4.89 Å². The van der Waals surface area contributed by atoms with E-state index in [4.69, 9.17) is 19.1 Å². The molecule has 3 aliphatic rings. The lowest BCUT2D eigenvalue weighted by molar-refractivity contribution is -0.262. The monoisotopic (exact) mass is 424 g/mol. The van der Waals surface area contributed by atoms with Crippen LogP contribution in [0.4, 0.5) is 0 Å². The number of carbonyl (C=O) groups excluding carboxylic acids is 2. The first-order chi connectivity index (χ1) is 14.2. The highest BCUT2D eigenvalue weighted by Crippen LogP contribution is 2.58. The summed E-state index contributed by atoms with van der Waals surface area (Å²) in [7, 11) is 3.08. The van der Waals surface area contributed by atoms with Crippen LogP contribution in [0.1, 0.15) is 59.8 Å². The number of hydrogen-bond donors (Lipinski definition) is 0. The molecule has 3 unspecified atom stereocenters. The average molecular weight is 425 g/mol. The predicted molar refractivity (Wildman–Crippen MR) is 109 cm³/mol. The van der Waals surface area contributed by atoms with Crippen molar-refractivity contribution >= 4 is 11.9 Å². The van der Waals surface area contributed by atoms with Gasteiger partial charge in [0, 0.05) is 7.11 Å². The van der Waals surface area contributed by atoms with Crippen LogP contribution in [0.5, 0.6) is 0 Å². The van der Waals surface area contributed by atoms with E-state index in [0.29, 0.717) is 17.9 Å². The highest BCUT2D eigenvalue weighted by molar-refractivity contribution is 5.89. The highest BCUT2D eigenvalue weighted by atomic mass is 17.2. The van der Waals surface area contributed by atoms with Gasteiger partial charge in [0.1, 0.15) is 5.92 Å². The number of methoxy groups -OCH3 is 1. The first-order valence-corrected chi connectivity index (χ1v) is 11.0. The molecular weight excluding hydrogens is 388 g/mol. The van der Waals surface area contributed by atoms with Crippen molar-refractivity contribution in [2.45, 2.75) is 77.8 Å². The van der Waals surface area contributed by atoms with E-state index in [1.165, 1.54) is 20.0 Å².